The monoisotopic (exact) mass is 254 g/mol. The smallest absolute Gasteiger partial charge is 0.311 e. The highest BCUT2D eigenvalue weighted by Crippen LogP contribution is 2.30. The van der Waals surface area contributed by atoms with E-state index in [2.05, 4.69) is 0 Å². The van der Waals surface area contributed by atoms with Crippen molar-refractivity contribution in [2.24, 2.45) is 0 Å². The van der Waals surface area contributed by atoms with Gasteiger partial charge in [-0.3, -0.25) is 14.9 Å². The quantitative estimate of drug-likeness (QED) is 0.354. The molecule has 0 fully saturated rings. The van der Waals surface area contributed by atoms with Crippen molar-refractivity contribution in [3.63, 3.8) is 0 Å². The molecule has 0 aliphatic rings. The number of nitriles is 1. The topological polar surface area (TPSA) is 93.2 Å². The molecule has 0 unspecified atom stereocenters. The van der Waals surface area contributed by atoms with Crippen LogP contribution in [0.2, 0.25) is 0 Å². The van der Waals surface area contributed by atoms with Crippen LogP contribution >= 0.6 is 11.6 Å². The first kappa shape index (κ1) is 12.9. The van der Waals surface area contributed by atoms with Crippen LogP contribution in [-0.4, -0.2) is 23.7 Å². The molecule has 0 heterocycles. The van der Waals surface area contributed by atoms with E-state index >= 15 is 0 Å². The summed E-state index contributed by atoms with van der Waals surface area (Å²) in [4.78, 5) is 21.5. The summed E-state index contributed by atoms with van der Waals surface area (Å²) in [6, 6.07) is 3.92. The number of ketones is 1. The van der Waals surface area contributed by atoms with Crippen molar-refractivity contribution in [2.75, 3.05) is 13.0 Å². The molecule has 0 saturated carbocycles. The van der Waals surface area contributed by atoms with Gasteiger partial charge in [0.15, 0.2) is 11.5 Å². The fraction of sp³-hybridized carbons (Fsp3) is 0.200. The Balaban J connectivity index is 3.51. The van der Waals surface area contributed by atoms with E-state index in [1.165, 1.54) is 7.11 Å². The number of ether oxygens (including phenoxy) is 1. The summed E-state index contributed by atoms with van der Waals surface area (Å²) in [5.74, 6) is -0.968. The lowest BCUT2D eigenvalue weighted by atomic mass is 10.0. The maximum Gasteiger partial charge on any atom is 0.311 e. The van der Waals surface area contributed by atoms with Crippen LogP contribution in [0.4, 0.5) is 5.69 Å². The maximum absolute atomic E-state index is 11.4. The van der Waals surface area contributed by atoms with Gasteiger partial charge in [0, 0.05) is 17.7 Å². The molecular formula is C10H7ClN2O4. The van der Waals surface area contributed by atoms with E-state index in [9.17, 15) is 14.9 Å². The zero-order chi connectivity index (χ0) is 13.0. The number of nitro benzene ring substituents is 1. The number of alkyl halides is 1. The van der Waals surface area contributed by atoms with Gasteiger partial charge in [-0.15, -0.1) is 11.6 Å². The number of hydrogen-bond acceptors (Lipinski definition) is 5. The first-order valence-electron chi connectivity index (χ1n) is 4.40. The van der Waals surface area contributed by atoms with Crippen molar-refractivity contribution < 1.29 is 14.5 Å². The van der Waals surface area contributed by atoms with Crippen LogP contribution in [0.1, 0.15) is 15.9 Å². The number of Topliss-reactive ketones (excluding diaryl/α,β-unsaturated/α-hetero) is 1. The molecule has 0 spiro atoms. The molecule has 6 nitrogen and oxygen atoms in total. The SMILES string of the molecule is COc1cc(C#N)c(C(=O)CCl)cc1[N+](=O)[O-]. The Hall–Kier alpha value is -2.13. The molecule has 1 rings (SSSR count). The van der Waals surface area contributed by atoms with E-state index in [1.807, 2.05) is 0 Å². The van der Waals surface area contributed by atoms with Crippen molar-refractivity contribution >= 4 is 23.1 Å². The number of hydrogen-bond donors (Lipinski definition) is 0. The normalized spacial score (nSPS) is 9.47. The summed E-state index contributed by atoms with van der Waals surface area (Å²) in [6.45, 7) is 0. The average molecular weight is 255 g/mol. The van der Waals surface area contributed by atoms with Crippen LogP contribution in [0.5, 0.6) is 5.75 Å². The number of nitrogens with zero attached hydrogens (tertiary/aromatic N) is 2. The summed E-state index contributed by atoms with van der Waals surface area (Å²) in [7, 11) is 1.24. The van der Waals surface area contributed by atoms with Crippen LogP contribution in [0, 0.1) is 21.4 Å². The third-order valence-electron chi connectivity index (χ3n) is 2.06. The number of halogens is 1. The molecule has 7 heteroatoms. The van der Waals surface area contributed by atoms with Crippen molar-refractivity contribution in [3.05, 3.63) is 33.4 Å². The van der Waals surface area contributed by atoms with E-state index in [-0.39, 0.29) is 28.4 Å². The highest BCUT2D eigenvalue weighted by Gasteiger charge is 2.21. The van der Waals surface area contributed by atoms with Gasteiger partial charge >= 0.3 is 5.69 Å². The van der Waals surface area contributed by atoms with Crippen LogP contribution < -0.4 is 4.74 Å². The minimum Gasteiger partial charge on any atom is -0.490 e. The minimum absolute atomic E-state index is 0.00176. The molecule has 0 radical (unpaired) electrons. The van der Waals surface area contributed by atoms with Crippen LogP contribution in [0.3, 0.4) is 0 Å². The fourth-order valence-corrected chi connectivity index (χ4v) is 1.41. The van der Waals surface area contributed by atoms with Crippen molar-refractivity contribution in [1.29, 1.82) is 5.26 Å². The molecule has 17 heavy (non-hydrogen) atoms. The zero-order valence-corrected chi connectivity index (χ0v) is 9.52. The number of carbonyl (C=O) groups is 1. The summed E-state index contributed by atoms with van der Waals surface area (Å²) in [6.07, 6.45) is 0. The van der Waals surface area contributed by atoms with Crippen molar-refractivity contribution in [2.45, 2.75) is 0 Å². The number of carbonyl (C=O) groups excluding carboxylic acids is 1. The first-order chi connectivity index (χ1) is 8.04. The highest BCUT2D eigenvalue weighted by atomic mass is 35.5. The second-order valence-electron chi connectivity index (χ2n) is 3.00. The molecule has 0 aliphatic heterocycles. The molecule has 0 aromatic heterocycles. The molecule has 0 N–H and O–H groups in total. The van der Waals surface area contributed by atoms with Gasteiger partial charge in [0.05, 0.1) is 23.5 Å². The molecule has 1 aromatic carbocycles. The Labute approximate surface area is 102 Å². The Morgan fingerprint density at radius 1 is 1.65 bits per heavy atom. The Morgan fingerprint density at radius 3 is 2.71 bits per heavy atom. The molecule has 0 bridgehead atoms. The fourth-order valence-electron chi connectivity index (χ4n) is 1.27. The number of rotatable bonds is 4. The van der Waals surface area contributed by atoms with Gasteiger partial charge in [0.2, 0.25) is 0 Å². The van der Waals surface area contributed by atoms with E-state index in [1.54, 1.807) is 6.07 Å². The van der Waals surface area contributed by atoms with Crippen LogP contribution in [0.15, 0.2) is 12.1 Å². The second kappa shape index (κ2) is 5.27. The lowest BCUT2D eigenvalue weighted by molar-refractivity contribution is -0.385. The molecule has 0 amide bonds. The molecule has 0 atom stereocenters. The van der Waals surface area contributed by atoms with E-state index < -0.39 is 10.7 Å². The number of benzene rings is 1. The maximum atomic E-state index is 11.4. The Bertz CT molecular complexity index is 522. The number of nitro groups is 1. The molecule has 0 saturated heterocycles. The first-order valence-corrected chi connectivity index (χ1v) is 4.94. The lowest BCUT2D eigenvalue weighted by Crippen LogP contribution is -2.06. The third-order valence-corrected chi connectivity index (χ3v) is 2.30. The minimum atomic E-state index is -0.689. The molecule has 0 aliphatic carbocycles. The van der Waals surface area contributed by atoms with Gasteiger partial charge in [-0.25, -0.2) is 0 Å². The zero-order valence-electron chi connectivity index (χ0n) is 8.77. The van der Waals surface area contributed by atoms with Crippen molar-refractivity contribution in [3.8, 4) is 11.8 Å². The molecule has 88 valence electrons. The Morgan fingerprint density at radius 2 is 2.29 bits per heavy atom. The van der Waals surface area contributed by atoms with Gasteiger partial charge in [-0.2, -0.15) is 5.26 Å². The predicted molar refractivity (Wildman–Crippen MR) is 59.4 cm³/mol. The largest absolute Gasteiger partial charge is 0.490 e. The van der Waals surface area contributed by atoms with Crippen LogP contribution in [-0.2, 0) is 0 Å². The third kappa shape index (κ3) is 2.52. The summed E-state index contributed by atoms with van der Waals surface area (Å²) in [5, 5.41) is 19.6. The van der Waals surface area contributed by atoms with Crippen LogP contribution in [0.25, 0.3) is 0 Å². The van der Waals surface area contributed by atoms with Gasteiger partial charge in [0.1, 0.15) is 6.07 Å². The van der Waals surface area contributed by atoms with Gasteiger partial charge < -0.3 is 4.74 Å². The second-order valence-corrected chi connectivity index (χ2v) is 3.26. The predicted octanol–water partition coefficient (Wildman–Crippen LogP) is 1.90. The van der Waals surface area contributed by atoms with Gasteiger partial charge in [-0.05, 0) is 0 Å². The number of methoxy groups -OCH3 is 1. The summed E-state index contributed by atoms with van der Waals surface area (Å²) < 4.78 is 4.78. The summed E-state index contributed by atoms with van der Waals surface area (Å²) >= 11 is 5.36. The Kier molecular flexibility index (Phi) is 4.01. The standard InChI is InChI=1S/C10H7ClN2O4/c1-17-10-2-6(5-12)7(9(14)4-11)3-8(10)13(15)16/h2-3H,4H2,1H3. The van der Waals surface area contributed by atoms with Gasteiger partial charge in [0.25, 0.3) is 0 Å². The van der Waals surface area contributed by atoms with Crippen molar-refractivity contribution in [1.82, 2.24) is 0 Å². The highest BCUT2D eigenvalue weighted by molar-refractivity contribution is 6.30. The van der Waals surface area contributed by atoms with E-state index in [0.717, 1.165) is 12.1 Å². The van der Waals surface area contributed by atoms with Gasteiger partial charge in [-0.1, -0.05) is 0 Å². The molecule has 1 aromatic rings. The molecular weight excluding hydrogens is 248 g/mol. The lowest BCUT2D eigenvalue weighted by Gasteiger charge is -2.05. The van der Waals surface area contributed by atoms with E-state index in [0.29, 0.717) is 0 Å². The average Bonchev–Trinajstić information content (AvgIpc) is 2.35. The summed E-state index contributed by atoms with van der Waals surface area (Å²) in [5.41, 5.74) is -0.451. The van der Waals surface area contributed by atoms with E-state index in [4.69, 9.17) is 21.6 Å².